The molecule has 0 saturated heterocycles. The van der Waals surface area contributed by atoms with E-state index < -0.39 is 0 Å². The van der Waals surface area contributed by atoms with Crippen LogP contribution in [0.4, 0.5) is 0 Å². The van der Waals surface area contributed by atoms with Crippen LogP contribution >= 0.6 is 0 Å². The Morgan fingerprint density at radius 3 is 2.61 bits per heavy atom. The van der Waals surface area contributed by atoms with Crippen molar-refractivity contribution in [3.8, 4) is 0 Å². The number of rotatable bonds is 3. The van der Waals surface area contributed by atoms with Crippen LogP contribution in [-0.2, 0) is 11.2 Å². The zero-order valence-electron chi connectivity index (χ0n) is 14.8. The predicted molar refractivity (Wildman–Crippen MR) is 96.0 cm³/mol. The summed E-state index contributed by atoms with van der Waals surface area (Å²) in [6, 6.07) is 10.7. The van der Waals surface area contributed by atoms with Crippen molar-refractivity contribution in [3.63, 3.8) is 0 Å². The summed E-state index contributed by atoms with van der Waals surface area (Å²) in [5, 5.41) is 1.14. The minimum Gasteiger partial charge on any atom is -0.475 e. The minimum atomic E-state index is 0.114. The fourth-order valence-electron chi connectivity index (χ4n) is 2.86. The molecule has 1 aliphatic heterocycles. The normalized spacial score (nSPS) is 18.3. The lowest BCUT2D eigenvalue weighted by Crippen LogP contribution is -2.25. The van der Waals surface area contributed by atoms with Crippen LogP contribution < -0.4 is 0 Å². The van der Waals surface area contributed by atoms with E-state index in [4.69, 9.17) is 14.7 Å². The second-order valence-corrected chi connectivity index (χ2v) is 7.90. The summed E-state index contributed by atoms with van der Waals surface area (Å²) >= 11 is 0. The molecule has 23 heavy (non-hydrogen) atoms. The maximum Gasteiger partial charge on any atom is 0.218 e. The van der Waals surface area contributed by atoms with Gasteiger partial charge < -0.3 is 4.74 Å². The molecule has 0 unspecified atom stereocenters. The van der Waals surface area contributed by atoms with E-state index in [1.807, 2.05) is 0 Å². The van der Waals surface area contributed by atoms with Crippen LogP contribution in [0.5, 0.6) is 0 Å². The average molecular weight is 310 g/mol. The van der Waals surface area contributed by atoms with Crippen molar-refractivity contribution < 1.29 is 4.74 Å². The van der Waals surface area contributed by atoms with E-state index in [-0.39, 0.29) is 11.5 Å². The van der Waals surface area contributed by atoms with Crippen LogP contribution in [0.1, 0.15) is 45.9 Å². The zero-order chi connectivity index (χ0) is 16.6. The summed E-state index contributed by atoms with van der Waals surface area (Å²) in [5.41, 5.74) is 3.26. The third kappa shape index (κ3) is 3.39. The van der Waals surface area contributed by atoms with Gasteiger partial charge in [-0.25, -0.2) is 4.99 Å². The largest absolute Gasteiger partial charge is 0.475 e. The number of hydrogen-bond acceptors (Lipinski definition) is 3. The summed E-state index contributed by atoms with van der Waals surface area (Å²) in [6.07, 6.45) is 0.988. The van der Waals surface area contributed by atoms with Crippen molar-refractivity contribution in [1.29, 1.82) is 0 Å². The number of aromatic nitrogens is 1. The molecular formula is C20H26N2O. The summed E-state index contributed by atoms with van der Waals surface area (Å²) in [4.78, 5) is 9.71. The number of ether oxygens (including phenoxy) is 1. The minimum absolute atomic E-state index is 0.114. The van der Waals surface area contributed by atoms with E-state index in [0.29, 0.717) is 12.5 Å². The Morgan fingerprint density at radius 2 is 1.96 bits per heavy atom. The number of fused-ring (bicyclic) bond motifs is 1. The third-order valence-electron chi connectivity index (χ3n) is 4.28. The van der Waals surface area contributed by atoms with Crippen molar-refractivity contribution >= 4 is 16.8 Å². The summed E-state index contributed by atoms with van der Waals surface area (Å²) < 4.78 is 5.92. The molecule has 0 spiro atoms. The summed E-state index contributed by atoms with van der Waals surface area (Å²) in [6.45, 7) is 11.7. The Hall–Kier alpha value is -1.90. The van der Waals surface area contributed by atoms with Crippen molar-refractivity contribution in [3.05, 3.63) is 41.6 Å². The fraction of sp³-hybridized carbons (Fsp3) is 0.500. The van der Waals surface area contributed by atoms with Gasteiger partial charge in [-0.15, -0.1) is 0 Å². The highest BCUT2D eigenvalue weighted by molar-refractivity contribution is 6.06. The first-order valence-electron chi connectivity index (χ1n) is 8.44. The number of benzene rings is 1. The smallest absolute Gasteiger partial charge is 0.218 e. The first-order valence-corrected chi connectivity index (χ1v) is 8.44. The molecule has 0 N–H and O–H groups in total. The van der Waals surface area contributed by atoms with Gasteiger partial charge in [0.05, 0.1) is 17.1 Å². The molecular weight excluding hydrogens is 284 g/mol. The molecule has 0 radical (unpaired) electrons. The molecule has 1 aromatic heterocycles. The summed E-state index contributed by atoms with van der Waals surface area (Å²) in [5.74, 6) is 1.34. The van der Waals surface area contributed by atoms with Gasteiger partial charge in [0.25, 0.3) is 0 Å². The van der Waals surface area contributed by atoms with Gasteiger partial charge >= 0.3 is 0 Å². The molecule has 3 heteroatoms. The number of pyridine rings is 1. The Kier molecular flexibility index (Phi) is 4.13. The molecule has 0 fully saturated rings. The number of para-hydroxylation sites is 1. The molecule has 3 nitrogen and oxygen atoms in total. The Bertz CT molecular complexity index is 741. The van der Waals surface area contributed by atoms with E-state index in [1.165, 1.54) is 0 Å². The van der Waals surface area contributed by atoms with E-state index in [2.05, 4.69) is 65.0 Å². The second kappa shape index (κ2) is 5.95. The van der Waals surface area contributed by atoms with Gasteiger partial charge in [-0.2, -0.15) is 0 Å². The van der Waals surface area contributed by atoms with Gasteiger partial charge in [0, 0.05) is 11.1 Å². The molecule has 1 atom stereocenters. The molecule has 1 aromatic carbocycles. The van der Waals surface area contributed by atoms with Crippen LogP contribution in [0.25, 0.3) is 10.9 Å². The first kappa shape index (κ1) is 16.0. The molecule has 0 aliphatic carbocycles. The van der Waals surface area contributed by atoms with Crippen LogP contribution in [-0.4, -0.2) is 23.5 Å². The standard InChI is InChI=1S/C20H26N2O/c1-13(2)11-15-10-9-14-7-6-8-16(18(14)21-15)19-22-17(12-23-19)20(3,4)5/h6-10,13,17H,11-12H2,1-5H3/t17-/m1/s1. The van der Waals surface area contributed by atoms with E-state index in [0.717, 1.165) is 34.5 Å². The quantitative estimate of drug-likeness (QED) is 0.828. The monoisotopic (exact) mass is 310 g/mol. The maximum atomic E-state index is 5.92. The predicted octanol–water partition coefficient (Wildman–Crippen LogP) is 4.62. The van der Waals surface area contributed by atoms with E-state index in [9.17, 15) is 0 Å². The fourth-order valence-corrected chi connectivity index (χ4v) is 2.86. The highest BCUT2D eigenvalue weighted by atomic mass is 16.5. The van der Waals surface area contributed by atoms with Crippen molar-refractivity contribution in [1.82, 2.24) is 4.98 Å². The van der Waals surface area contributed by atoms with Gasteiger partial charge in [0.2, 0.25) is 5.90 Å². The van der Waals surface area contributed by atoms with Crippen LogP contribution in [0, 0.1) is 11.3 Å². The second-order valence-electron chi connectivity index (χ2n) is 7.90. The third-order valence-corrected chi connectivity index (χ3v) is 4.28. The number of hydrogen-bond donors (Lipinski definition) is 0. The summed E-state index contributed by atoms with van der Waals surface area (Å²) in [7, 11) is 0. The Labute approximate surface area is 138 Å². The topological polar surface area (TPSA) is 34.5 Å². The van der Waals surface area contributed by atoms with E-state index >= 15 is 0 Å². The van der Waals surface area contributed by atoms with Gasteiger partial charge in [-0.1, -0.05) is 52.8 Å². The molecule has 2 heterocycles. The lowest BCUT2D eigenvalue weighted by atomic mass is 9.88. The van der Waals surface area contributed by atoms with Gasteiger partial charge in [0.15, 0.2) is 0 Å². The van der Waals surface area contributed by atoms with Crippen LogP contribution in [0.2, 0.25) is 0 Å². The highest BCUT2D eigenvalue weighted by Crippen LogP contribution is 2.29. The van der Waals surface area contributed by atoms with E-state index in [1.54, 1.807) is 0 Å². The molecule has 2 aromatic rings. The average Bonchev–Trinajstić information content (AvgIpc) is 2.95. The first-order chi connectivity index (χ1) is 10.8. The highest BCUT2D eigenvalue weighted by Gasteiger charge is 2.31. The van der Waals surface area contributed by atoms with Gasteiger partial charge in [-0.3, -0.25) is 4.98 Å². The Balaban J connectivity index is 2.04. The van der Waals surface area contributed by atoms with Gasteiger partial charge in [-0.05, 0) is 29.9 Å². The number of aliphatic imine (C=N–C) groups is 1. The molecule has 0 amide bonds. The molecule has 3 rings (SSSR count). The molecule has 0 bridgehead atoms. The molecule has 122 valence electrons. The lowest BCUT2D eigenvalue weighted by molar-refractivity contribution is 0.236. The molecule has 1 aliphatic rings. The number of nitrogens with zero attached hydrogens (tertiary/aromatic N) is 2. The zero-order valence-corrected chi connectivity index (χ0v) is 14.8. The van der Waals surface area contributed by atoms with Crippen LogP contribution in [0.3, 0.4) is 0 Å². The van der Waals surface area contributed by atoms with Crippen molar-refractivity contribution in [2.45, 2.75) is 47.1 Å². The maximum absolute atomic E-state index is 5.92. The SMILES string of the molecule is CC(C)Cc1ccc2cccc(C3=N[C@@H](C(C)(C)C)CO3)c2n1. The van der Waals surface area contributed by atoms with Gasteiger partial charge in [0.1, 0.15) is 6.61 Å². The van der Waals surface area contributed by atoms with Crippen molar-refractivity contribution in [2.24, 2.45) is 16.3 Å². The molecule has 0 saturated carbocycles. The Morgan fingerprint density at radius 1 is 1.17 bits per heavy atom. The lowest BCUT2D eigenvalue weighted by Gasteiger charge is -2.21. The van der Waals surface area contributed by atoms with Crippen molar-refractivity contribution in [2.75, 3.05) is 6.61 Å². The van der Waals surface area contributed by atoms with Crippen LogP contribution in [0.15, 0.2) is 35.3 Å².